The van der Waals surface area contributed by atoms with E-state index in [1.54, 1.807) is 11.6 Å². The SMILES string of the molecule is CC1Cc2ccccc2C(=O)c2c1cc(CC(=O)O)n2C. The average Bonchev–Trinajstić information content (AvgIpc) is 2.70. The molecule has 0 radical (unpaired) electrons. The zero-order valence-corrected chi connectivity index (χ0v) is 12.1. The number of carboxylic acids is 1. The molecule has 3 rings (SSSR count). The second kappa shape index (κ2) is 4.88. The van der Waals surface area contributed by atoms with Crippen molar-refractivity contribution in [2.24, 2.45) is 7.05 Å². The van der Waals surface area contributed by atoms with E-state index in [1.807, 2.05) is 30.3 Å². The minimum absolute atomic E-state index is 0.0101. The molecule has 0 saturated carbocycles. The van der Waals surface area contributed by atoms with Gasteiger partial charge in [-0.25, -0.2) is 0 Å². The third-order valence-electron chi connectivity index (χ3n) is 4.23. The maximum absolute atomic E-state index is 12.8. The Bertz CT molecular complexity index is 742. The summed E-state index contributed by atoms with van der Waals surface area (Å²) in [6, 6.07) is 9.53. The number of aliphatic carboxylic acids is 1. The van der Waals surface area contributed by atoms with E-state index in [0.717, 1.165) is 23.1 Å². The Labute approximate surface area is 123 Å². The highest BCUT2D eigenvalue weighted by molar-refractivity contribution is 6.10. The Morgan fingerprint density at radius 2 is 2.10 bits per heavy atom. The fraction of sp³-hybridized carbons (Fsp3) is 0.294. The summed E-state index contributed by atoms with van der Waals surface area (Å²) in [5.41, 5.74) is 4.04. The van der Waals surface area contributed by atoms with Crippen molar-refractivity contribution in [3.05, 3.63) is 58.4 Å². The molecule has 21 heavy (non-hydrogen) atoms. The molecule has 4 heteroatoms. The molecule has 0 fully saturated rings. The lowest BCUT2D eigenvalue weighted by molar-refractivity contribution is -0.136. The number of ketones is 1. The zero-order chi connectivity index (χ0) is 15.1. The van der Waals surface area contributed by atoms with E-state index in [9.17, 15) is 9.59 Å². The smallest absolute Gasteiger partial charge is 0.309 e. The van der Waals surface area contributed by atoms with E-state index in [1.165, 1.54) is 0 Å². The van der Waals surface area contributed by atoms with E-state index in [-0.39, 0.29) is 18.1 Å². The van der Waals surface area contributed by atoms with Gasteiger partial charge in [0.05, 0.1) is 12.1 Å². The molecule has 1 aliphatic rings. The second-order valence-corrected chi connectivity index (χ2v) is 5.66. The lowest BCUT2D eigenvalue weighted by Crippen LogP contribution is -2.12. The number of carboxylic acid groups (broad SMARTS) is 1. The van der Waals surface area contributed by atoms with Gasteiger partial charge in [-0.3, -0.25) is 9.59 Å². The molecule has 0 amide bonds. The molecule has 1 N–H and O–H groups in total. The summed E-state index contributed by atoms with van der Waals surface area (Å²) >= 11 is 0. The summed E-state index contributed by atoms with van der Waals surface area (Å²) in [7, 11) is 1.77. The number of fused-ring (bicyclic) bond motifs is 2. The fourth-order valence-corrected chi connectivity index (χ4v) is 3.15. The predicted molar refractivity (Wildman–Crippen MR) is 78.7 cm³/mol. The lowest BCUT2D eigenvalue weighted by atomic mass is 9.95. The van der Waals surface area contributed by atoms with Gasteiger partial charge >= 0.3 is 5.97 Å². The van der Waals surface area contributed by atoms with Crippen LogP contribution in [0.25, 0.3) is 0 Å². The van der Waals surface area contributed by atoms with Gasteiger partial charge in [-0.1, -0.05) is 31.2 Å². The normalized spacial score (nSPS) is 17.0. The Balaban J connectivity index is 2.19. The molecule has 0 aliphatic heterocycles. The molecular formula is C17H17NO3. The van der Waals surface area contributed by atoms with Gasteiger partial charge in [-0.05, 0) is 29.5 Å². The summed E-state index contributed by atoms with van der Waals surface area (Å²) in [4.78, 5) is 23.8. The highest BCUT2D eigenvalue weighted by Crippen LogP contribution is 2.33. The van der Waals surface area contributed by atoms with Crippen molar-refractivity contribution >= 4 is 11.8 Å². The van der Waals surface area contributed by atoms with E-state index >= 15 is 0 Å². The summed E-state index contributed by atoms with van der Waals surface area (Å²) in [5.74, 6) is -0.698. The minimum Gasteiger partial charge on any atom is -0.481 e. The Kier molecular flexibility index (Phi) is 3.16. The minimum atomic E-state index is -0.883. The van der Waals surface area contributed by atoms with Gasteiger partial charge in [0.15, 0.2) is 0 Å². The van der Waals surface area contributed by atoms with Crippen molar-refractivity contribution in [1.29, 1.82) is 0 Å². The summed E-state index contributed by atoms with van der Waals surface area (Å²) in [5, 5.41) is 9.00. The summed E-state index contributed by atoms with van der Waals surface area (Å²) < 4.78 is 1.74. The van der Waals surface area contributed by atoms with E-state index in [2.05, 4.69) is 6.92 Å². The molecule has 1 heterocycles. The molecule has 2 aromatic rings. The molecule has 1 aromatic heterocycles. The van der Waals surface area contributed by atoms with Crippen LogP contribution in [0, 0.1) is 0 Å². The Hall–Kier alpha value is -2.36. The molecule has 1 unspecified atom stereocenters. The van der Waals surface area contributed by atoms with Crippen LogP contribution in [0.2, 0.25) is 0 Å². The van der Waals surface area contributed by atoms with Crippen molar-refractivity contribution in [2.75, 3.05) is 0 Å². The second-order valence-electron chi connectivity index (χ2n) is 5.66. The first-order valence-electron chi connectivity index (χ1n) is 7.02. The van der Waals surface area contributed by atoms with Crippen LogP contribution < -0.4 is 0 Å². The molecule has 0 saturated heterocycles. The van der Waals surface area contributed by atoms with Crippen LogP contribution >= 0.6 is 0 Å². The fourth-order valence-electron chi connectivity index (χ4n) is 3.15. The van der Waals surface area contributed by atoms with Gasteiger partial charge < -0.3 is 9.67 Å². The van der Waals surface area contributed by atoms with Crippen LogP contribution in [0.1, 0.15) is 45.7 Å². The third-order valence-corrected chi connectivity index (χ3v) is 4.23. The van der Waals surface area contributed by atoms with Crippen molar-refractivity contribution in [3.8, 4) is 0 Å². The van der Waals surface area contributed by atoms with E-state index in [4.69, 9.17) is 5.11 Å². The average molecular weight is 283 g/mol. The maximum atomic E-state index is 12.8. The monoisotopic (exact) mass is 283 g/mol. The highest BCUT2D eigenvalue weighted by atomic mass is 16.4. The van der Waals surface area contributed by atoms with E-state index < -0.39 is 5.97 Å². The molecule has 4 nitrogen and oxygen atoms in total. The van der Waals surface area contributed by atoms with Crippen LogP contribution in [0.5, 0.6) is 0 Å². The molecule has 1 aromatic carbocycles. The van der Waals surface area contributed by atoms with Gasteiger partial charge in [0, 0.05) is 18.3 Å². The number of aromatic nitrogens is 1. The van der Waals surface area contributed by atoms with Gasteiger partial charge in [0.25, 0.3) is 0 Å². The van der Waals surface area contributed by atoms with Gasteiger partial charge in [-0.15, -0.1) is 0 Å². The van der Waals surface area contributed by atoms with Crippen molar-refractivity contribution < 1.29 is 14.7 Å². The number of carbonyl (C=O) groups excluding carboxylic acids is 1. The number of hydrogen-bond acceptors (Lipinski definition) is 2. The molecule has 0 spiro atoms. The Morgan fingerprint density at radius 1 is 1.38 bits per heavy atom. The quantitative estimate of drug-likeness (QED) is 0.921. The van der Waals surface area contributed by atoms with Crippen LogP contribution in [-0.4, -0.2) is 21.4 Å². The molecule has 108 valence electrons. The number of carbonyl (C=O) groups is 2. The van der Waals surface area contributed by atoms with Crippen LogP contribution in [0.4, 0.5) is 0 Å². The Morgan fingerprint density at radius 3 is 2.81 bits per heavy atom. The first-order valence-corrected chi connectivity index (χ1v) is 7.02. The first kappa shape index (κ1) is 13.6. The molecule has 1 aliphatic carbocycles. The zero-order valence-electron chi connectivity index (χ0n) is 12.1. The lowest BCUT2D eigenvalue weighted by Gasteiger charge is -2.08. The highest BCUT2D eigenvalue weighted by Gasteiger charge is 2.29. The number of rotatable bonds is 2. The van der Waals surface area contributed by atoms with Gasteiger partial charge in [0.2, 0.25) is 5.78 Å². The third kappa shape index (κ3) is 2.17. The maximum Gasteiger partial charge on any atom is 0.309 e. The van der Waals surface area contributed by atoms with Crippen molar-refractivity contribution in [3.63, 3.8) is 0 Å². The van der Waals surface area contributed by atoms with Gasteiger partial charge in [-0.2, -0.15) is 0 Å². The molecular weight excluding hydrogens is 266 g/mol. The van der Waals surface area contributed by atoms with Gasteiger partial charge in [0.1, 0.15) is 0 Å². The summed E-state index contributed by atoms with van der Waals surface area (Å²) in [6.07, 6.45) is 0.733. The summed E-state index contributed by atoms with van der Waals surface area (Å²) in [6.45, 7) is 2.08. The predicted octanol–water partition coefficient (Wildman–Crippen LogP) is 2.54. The first-order chi connectivity index (χ1) is 9.99. The standard InChI is InChI=1S/C17H17NO3/c1-10-7-11-5-3-4-6-13(11)17(21)16-14(10)8-12(18(16)2)9-15(19)20/h3-6,8,10H,7,9H2,1-2H3,(H,19,20). The molecule has 0 bridgehead atoms. The molecule has 1 atom stereocenters. The van der Waals surface area contributed by atoms with Crippen LogP contribution in [0.3, 0.4) is 0 Å². The number of benzene rings is 1. The van der Waals surface area contributed by atoms with Crippen LogP contribution in [0.15, 0.2) is 30.3 Å². The largest absolute Gasteiger partial charge is 0.481 e. The van der Waals surface area contributed by atoms with E-state index in [0.29, 0.717) is 11.4 Å². The number of nitrogens with zero attached hydrogens (tertiary/aromatic N) is 1. The van der Waals surface area contributed by atoms with Crippen LogP contribution in [-0.2, 0) is 24.7 Å². The number of hydrogen-bond donors (Lipinski definition) is 1. The van der Waals surface area contributed by atoms with Crippen molar-refractivity contribution in [1.82, 2.24) is 4.57 Å². The van der Waals surface area contributed by atoms with Crippen molar-refractivity contribution in [2.45, 2.75) is 25.7 Å². The topological polar surface area (TPSA) is 59.3 Å².